The van der Waals surface area contributed by atoms with Gasteiger partial charge in [0.15, 0.2) is 0 Å². The van der Waals surface area contributed by atoms with E-state index in [1.807, 2.05) is 23.6 Å². The molecular formula is C63H83Br2ClN8O8S2. The fourth-order valence-corrected chi connectivity index (χ4v) is 14.0. The molecule has 2 fully saturated rings. The van der Waals surface area contributed by atoms with Gasteiger partial charge in [0.25, 0.3) is 0 Å². The quantitative estimate of drug-likeness (QED) is 0.102. The molecule has 2 amide bonds. The Morgan fingerprint density at radius 3 is 1.39 bits per heavy atom. The van der Waals surface area contributed by atoms with Gasteiger partial charge in [-0.2, -0.15) is 10.2 Å². The van der Waals surface area contributed by atoms with E-state index in [1.54, 1.807) is 34.9 Å². The first-order valence-corrected chi connectivity index (χ1v) is 32.2. The standard InChI is InChI=1S/C32H43BrN4O4S.C31H40BrClN4O4S/c1-19-28(33)24(16-27(39)40-8)35-37(19)17-26(38)36-12-10-20(11-13-36)30-34-25(18-42-30)21-14-22(31(2,3)4)29(41-9)23(15-21)32(5,6)7;1-17-25(32)22(15-24(39)40)35-37(17)16-23(38)36-11-9-18(10-12-36)29-34-26(28(33)42-29)19-13-20(30(2,3)4)27(41-8)21(14-19)31(5,6)7/h14-15,18,20H,10-13,16-17H2,1-9H3;13-14,18H,9-12,15-16H2,1-8H3,(H,39,40). The van der Waals surface area contributed by atoms with Crippen LogP contribution in [0.1, 0.15) is 176 Å². The number of nitrogens with zero attached hydrogens (tertiary/aromatic N) is 8. The van der Waals surface area contributed by atoms with E-state index in [0.29, 0.717) is 52.3 Å². The van der Waals surface area contributed by atoms with E-state index < -0.39 is 5.97 Å². The van der Waals surface area contributed by atoms with Crippen molar-refractivity contribution in [1.29, 1.82) is 0 Å². The average molecular weight is 1340 g/mol. The first-order valence-electron chi connectivity index (χ1n) is 28.5. The van der Waals surface area contributed by atoms with Crippen molar-refractivity contribution < 1.29 is 38.5 Å². The van der Waals surface area contributed by atoms with E-state index >= 15 is 0 Å². The highest BCUT2D eigenvalue weighted by atomic mass is 79.9. The number of amides is 2. The van der Waals surface area contributed by atoms with Gasteiger partial charge in [0.1, 0.15) is 34.6 Å². The van der Waals surface area contributed by atoms with Crippen LogP contribution in [0.5, 0.6) is 11.5 Å². The second kappa shape index (κ2) is 26.4. The monoisotopic (exact) mass is 1340 g/mol. The number of thiazole rings is 2. The second-order valence-corrected chi connectivity index (χ2v) is 30.2. The highest BCUT2D eigenvalue weighted by Crippen LogP contribution is 2.47. The third-order valence-corrected chi connectivity index (χ3v) is 20.2. The summed E-state index contributed by atoms with van der Waals surface area (Å²) in [5.74, 6) is 1.08. The molecule has 0 atom stereocenters. The lowest BCUT2D eigenvalue weighted by atomic mass is 9.78. The molecule has 456 valence electrons. The molecule has 8 rings (SSSR count). The van der Waals surface area contributed by atoms with Crippen molar-refractivity contribution in [1.82, 2.24) is 39.3 Å². The van der Waals surface area contributed by atoms with Crippen LogP contribution in [0.2, 0.25) is 4.34 Å². The molecule has 4 aromatic heterocycles. The van der Waals surface area contributed by atoms with Gasteiger partial charge in [-0.15, -0.1) is 22.7 Å². The lowest BCUT2D eigenvalue weighted by Gasteiger charge is -2.31. The summed E-state index contributed by atoms with van der Waals surface area (Å²) >= 11 is 17.0. The first-order chi connectivity index (χ1) is 39.1. The third-order valence-electron chi connectivity index (χ3n) is 15.7. The number of benzene rings is 2. The second-order valence-electron chi connectivity index (χ2n) is 26.1. The molecule has 2 aromatic carbocycles. The summed E-state index contributed by atoms with van der Waals surface area (Å²) in [6.45, 7) is 32.9. The zero-order valence-corrected chi connectivity index (χ0v) is 57.4. The molecule has 2 saturated heterocycles. The van der Waals surface area contributed by atoms with Crippen LogP contribution in [0, 0.1) is 13.8 Å². The van der Waals surface area contributed by atoms with Crippen molar-refractivity contribution >= 4 is 89.9 Å². The number of rotatable bonds is 14. The van der Waals surface area contributed by atoms with Crippen molar-refractivity contribution in [3.63, 3.8) is 0 Å². The number of likely N-dealkylation sites (tertiary alicyclic amines) is 2. The number of carbonyl (C=O) groups is 4. The molecule has 6 aromatic rings. The molecule has 0 unspecified atom stereocenters. The number of aromatic nitrogens is 6. The highest BCUT2D eigenvalue weighted by molar-refractivity contribution is 9.10. The van der Waals surface area contributed by atoms with Crippen molar-refractivity contribution in [3.05, 3.63) is 98.0 Å². The number of esters is 1. The van der Waals surface area contributed by atoms with Gasteiger partial charge in [-0.3, -0.25) is 28.5 Å². The number of carbonyl (C=O) groups excluding carboxylic acids is 3. The molecule has 21 heteroatoms. The van der Waals surface area contributed by atoms with Gasteiger partial charge in [0.05, 0.1) is 81.6 Å². The number of hydrogen-bond donors (Lipinski definition) is 1. The third kappa shape index (κ3) is 15.3. The zero-order valence-electron chi connectivity index (χ0n) is 51.9. The lowest BCUT2D eigenvalue weighted by molar-refractivity contribution is -0.140. The van der Waals surface area contributed by atoms with E-state index in [4.69, 9.17) is 40.9 Å². The molecular weight excluding hydrogens is 1260 g/mol. The summed E-state index contributed by atoms with van der Waals surface area (Å²) in [5, 5.41) is 22.3. The number of carboxylic acid groups (broad SMARTS) is 1. The molecule has 2 aliphatic rings. The highest BCUT2D eigenvalue weighted by Gasteiger charge is 2.34. The maximum Gasteiger partial charge on any atom is 0.311 e. The molecule has 84 heavy (non-hydrogen) atoms. The molecule has 0 aliphatic carbocycles. The van der Waals surface area contributed by atoms with E-state index in [9.17, 15) is 19.2 Å². The summed E-state index contributed by atoms with van der Waals surface area (Å²) in [4.78, 5) is 63.1. The van der Waals surface area contributed by atoms with Gasteiger partial charge in [-0.05, 0) is 117 Å². The van der Waals surface area contributed by atoms with Crippen LogP contribution in [0.4, 0.5) is 0 Å². The van der Waals surface area contributed by atoms with Crippen LogP contribution in [0.15, 0.2) is 38.6 Å². The normalized spacial score (nSPS) is 14.8. The number of carboxylic acids is 1. The average Bonchev–Trinajstić information content (AvgIpc) is 2.16. The number of halogens is 3. The van der Waals surface area contributed by atoms with Crippen LogP contribution >= 0.6 is 66.1 Å². The molecule has 0 saturated carbocycles. The zero-order chi connectivity index (χ0) is 62.1. The maximum absolute atomic E-state index is 13.2. The minimum atomic E-state index is -0.963. The summed E-state index contributed by atoms with van der Waals surface area (Å²) < 4.78 is 21.9. The van der Waals surface area contributed by atoms with Crippen molar-refractivity contribution in [3.8, 4) is 34.0 Å². The largest absolute Gasteiger partial charge is 0.496 e. The van der Waals surface area contributed by atoms with E-state index in [2.05, 4.69) is 155 Å². The maximum atomic E-state index is 13.2. The fraction of sp³-hybridized carbons (Fsp3) is 0.556. The van der Waals surface area contributed by atoms with Crippen LogP contribution < -0.4 is 9.47 Å². The number of aliphatic carboxylic acids is 1. The topological polar surface area (TPSA) is 184 Å². The Kier molecular flexibility index (Phi) is 20.9. The molecule has 0 spiro atoms. The van der Waals surface area contributed by atoms with Crippen molar-refractivity contribution in [2.45, 2.75) is 182 Å². The first kappa shape index (κ1) is 66.4. The molecule has 0 radical (unpaired) electrons. The Morgan fingerprint density at radius 2 is 1.01 bits per heavy atom. The number of hydrogen-bond acceptors (Lipinski definition) is 13. The summed E-state index contributed by atoms with van der Waals surface area (Å²) in [5.41, 5.74) is 10.7. The van der Waals surface area contributed by atoms with Crippen LogP contribution in [-0.4, -0.2) is 116 Å². The predicted molar refractivity (Wildman–Crippen MR) is 342 cm³/mol. The predicted octanol–water partition coefficient (Wildman–Crippen LogP) is 14.2. The van der Waals surface area contributed by atoms with Crippen LogP contribution in [-0.2, 0) is 71.5 Å². The van der Waals surface area contributed by atoms with Gasteiger partial charge in [-0.25, -0.2) is 9.97 Å². The number of methoxy groups -OCH3 is 3. The minimum absolute atomic E-state index is 0.0265. The van der Waals surface area contributed by atoms with Crippen molar-refractivity contribution in [2.24, 2.45) is 0 Å². The Morgan fingerprint density at radius 1 is 0.619 bits per heavy atom. The van der Waals surface area contributed by atoms with Gasteiger partial charge < -0.3 is 29.1 Å². The smallest absolute Gasteiger partial charge is 0.311 e. The summed E-state index contributed by atoms with van der Waals surface area (Å²) in [6, 6.07) is 8.80. The molecule has 2 aliphatic heterocycles. The van der Waals surface area contributed by atoms with E-state index in [1.165, 1.54) is 29.6 Å². The van der Waals surface area contributed by atoms with Gasteiger partial charge in [-0.1, -0.05) is 94.7 Å². The van der Waals surface area contributed by atoms with Gasteiger partial charge >= 0.3 is 11.9 Å². The van der Waals surface area contributed by atoms with E-state index in [0.717, 1.165) is 96.7 Å². The molecule has 16 nitrogen and oxygen atoms in total. The Hall–Kier alpha value is -5.15. The summed E-state index contributed by atoms with van der Waals surface area (Å²) in [7, 11) is 4.84. The van der Waals surface area contributed by atoms with Crippen LogP contribution in [0.3, 0.4) is 0 Å². The number of ether oxygens (including phenoxy) is 3. The van der Waals surface area contributed by atoms with Gasteiger partial charge in [0, 0.05) is 76.8 Å². The summed E-state index contributed by atoms with van der Waals surface area (Å²) in [6.07, 6.45) is 3.20. The van der Waals surface area contributed by atoms with Gasteiger partial charge in [0.2, 0.25) is 11.8 Å². The Bertz CT molecular complexity index is 3320. The molecule has 0 bridgehead atoms. The van der Waals surface area contributed by atoms with Crippen molar-refractivity contribution in [2.75, 3.05) is 47.5 Å². The van der Waals surface area contributed by atoms with Crippen LogP contribution in [0.25, 0.3) is 22.5 Å². The Balaban J connectivity index is 0.000000241. The lowest BCUT2D eigenvalue weighted by Crippen LogP contribution is -2.40. The molecule has 6 heterocycles. The molecule has 1 N–H and O–H groups in total. The fourth-order valence-electron chi connectivity index (χ4n) is 10.8. The number of piperidine rings is 2. The Labute approximate surface area is 525 Å². The minimum Gasteiger partial charge on any atom is -0.496 e. The SMILES string of the molecule is COC(=O)Cc1nn(CC(=O)N2CCC(c3nc(-c4cc(C(C)(C)C)c(OC)c(C(C)(C)C)c4)cs3)CC2)c(C)c1Br.COc1c(C(C)(C)C)cc(-c2nc(C3CCN(C(=O)Cn4nc(CC(=O)O)c(Br)c4C)CC3)sc2Cl)cc1C(C)(C)C. The van der Waals surface area contributed by atoms with E-state index in [-0.39, 0.29) is 71.3 Å².